The summed E-state index contributed by atoms with van der Waals surface area (Å²) in [5, 5.41) is 7.34. The quantitative estimate of drug-likeness (QED) is 0.606. The predicted octanol–water partition coefficient (Wildman–Crippen LogP) is 1.88. The molecule has 4 nitrogen and oxygen atoms in total. The van der Waals surface area contributed by atoms with Gasteiger partial charge in [-0.2, -0.15) is 0 Å². The standard InChI is InChI=1S/2C4H7ClO2/c1-2-7-4(6)3-5;1-2-3(5)4(6)7/h2-3H2,1H3;3H,2H2,1H3,(H,6,7). The first-order valence-electron chi connectivity index (χ1n) is 4.07. The molecular formula is C8H14Cl2O4. The molecule has 0 aromatic carbocycles. The maximum absolute atomic E-state index is 10.1. The highest BCUT2D eigenvalue weighted by Crippen LogP contribution is 1.98. The van der Waals surface area contributed by atoms with Gasteiger partial charge in [0.15, 0.2) is 0 Å². The lowest BCUT2D eigenvalue weighted by molar-refractivity contribution is -0.140. The lowest BCUT2D eigenvalue weighted by atomic mass is 10.3. The van der Waals surface area contributed by atoms with E-state index >= 15 is 0 Å². The Kier molecular flexibility index (Phi) is 12.1. The van der Waals surface area contributed by atoms with Crippen LogP contribution in [0.4, 0.5) is 0 Å². The summed E-state index contributed by atoms with van der Waals surface area (Å²) < 4.78 is 4.42. The lowest BCUT2D eigenvalue weighted by Gasteiger charge is -1.93. The fraction of sp³-hybridized carbons (Fsp3) is 0.750. The summed E-state index contributed by atoms with van der Waals surface area (Å²) in [4.78, 5) is 19.9. The summed E-state index contributed by atoms with van der Waals surface area (Å²) in [5.41, 5.74) is 0. The van der Waals surface area contributed by atoms with Gasteiger partial charge in [-0.25, -0.2) is 0 Å². The number of rotatable bonds is 4. The second-order valence-electron chi connectivity index (χ2n) is 2.15. The van der Waals surface area contributed by atoms with Crippen LogP contribution in [0, 0.1) is 0 Å². The van der Waals surface area contributed by atoms with Gasteiger partial charge in [-0.05, 0) is 13.3 Å². The zero-order valence-corrected chi connectivity index (χ0v) is 9.64. The van der Waals surface area contributed by atoms with Gasteiger partial charge in [0.1, 0.15) is 11.3 Å². The van der Waals surface area contributed by atoms with Crippen LogP contribution < -0.4 is 0 Å². The van der Waals surface area contributed by atoms with Crippen LogP contribution in [0.15, 0.2) is 0 Å². The fourth-order valence-corrected chi connectivity index (χ4v) is 0.451. The average Bonchev–Trinajstić information content (AvgIpc) is 2.17. The molecule has 0 aliphatic rings. The van der Waals surface area contributed by atoms with Crippen molar-refractivity contribution in [2.45, 2.75) is 25.6 Å². The lowest BCUT2D eigenvalue weighted by Crippen LogP contribution is -2.10. The maximum Gasteiger partial charge on any atom is 0.321 e. The zero-order chi connectivity index (χ0) is 11.6. The van der Waals surface area contributed by atoms with Crippen molar-refractivity contribution in [1.82, 2.24) is 0 Å². The van der Waals surface area contributed by atoms with Crippen molar-refractivity contribution in [2.24, 2.45) is 0 Å². The van der Waals surface area contributed by atoms with Crippen LogP contribution in [0.1, 0.15) is 20.3 Å². The number of alkyl halides is 2. The first-order valence-corrected chi connectivity index (χ1v) is 5.05. The molecule has 1 N–H and O–H groups in total. The number of carboxylic acids is 1. The van der Waals surface area contributed by atoms with E-state index in [4.69, 9.17) is 28.3 Å². The van der Waals surface area contributed by atoms with Crippen LogP contribution >= 0.6 is 23.2 Å². The van der Waals surface area contributed by atoms with Crippen molar-refractivity contribution in [3.8, 4) is 0 Å². The number of carbonyl (C=O) groups excluding carboxylic acids is 1. The van der Waals surface area contributed by atoms with Crippen LogP contribution in [-0.2, 0) is 14.3 Å². The third-order valence-electron chi connectivity index (χ3n) is 1.04. The second-order valence-corrected chi connectivity index (χ2v) is 2.95. The van der Waals surface area contributed by atoms with Gasteiger partial charge in [-0.15, -0.1) is 23.2 Å². The molecular weight excluding hydrogens is 231 g/mol. The Bertz CT molecular complexity index is 171. The van der Waals surface area contributed by atoms with E-state index in [0.717, 1.165) is 0 Å². The minimum absolute atomic E-state index is 0.0478. The third-order valence-corrected chi connectivity index (χ3v) is 1.75. The minimum atomic E-state index is -0.941. The molecule has 84 valence electrons. The number of ether oxygens (including phenoxy) is 1. The Morgan fingerprint density at radius 3 is 2.00 bits per heavy atom. The molecule has 0 aromatic rings. The van der Waals surface area contributed by atoms with Gasteiger partial charge in [0.2, 0.25) is 0 Å². The Labute approximate surface area is 93.1 Å². The zero-order valence-electron chi connectivity index (χ0n) is 8.13. The summed E-state index contributed by atoms with van der Waals surface area (Å²) >= 11 is 10.3. The molecule has 0 fully saturated rings. The van der Waals surface area contributed by atoms with Crippen LogP contribution in [0.5, 0.6) is 0 Å². The smallest absolute Gasteiger partial charge is 0.321 e. The summed E-state index contributed by atoms with van der Waals surface area (Å²) in [5.74, 6) is -1.35. The van der Waals surface area contributed by atoms with Crippen LogP contribution in [0.3, 0.4) is 0 Å². The summed E-state index contributed by atoms with van der Waals surface area (Å²) in [6.07, 6.45) is 0.483. The van der Waals surface area contributed by atoms with Crippen LogP contribution in [0.2, 0.25) is 0 Å². The molecule has 0 rings (SSSR count). The number of hydrogen-bond acceptors (Lipinski definition) is 3. The van der Waals surface area contributed by atoms with E-state index in [1.807, 2.05) is 0 Å². The van der Waals surface area contributed by atoms with Crippen LogP contribution in [0.25, 0.3) is 0 Å². The van der Waals surface area contributed by atoms with E-state index < -0.39 is 11.3 Å². The number of aliphatic carboxylic acids is 1. The van der Waals surface area contributed by atoms with E-state index in [2.05, 4.69) is 4.74 Å². The van der Waals surface area contributed by atoms with Crippen molar-refractivity contribution in [3.63, 3.8) is 0 Å². The van der Waals surface area contributed by atoms with Crippen molar-refractivity contribution < 1.29 is 19.4 Å². The van der Waals surface area contributed by atoms with Gasteiger partial charge in [-0.3, -0.25) is 9.59 Å². The molecule has 0 aliphatic heterocycles. The number of halogens is 2. The van der Waals surface area contributed by atoms with Crippen molar-refractivity contribution in [2.75, 3.05) is 12.5 Å². The topological polar surface area (TPSA) is 63.6 Å². The first kappa shape index (κ1) is 16.0. The molecule has 0 radical (unpaired) electrons. The number of carboxylic acid groups (broad SMARTS) is 1. The van der Waals surface area contributed by atoms with E-state index in [-0.39, 0.29) is 11.8 Å². The van der Waals surface area contributed by atoms with Crippen molar-refractivity contribution in [1.29, 1.82) is 0 Å². The minimum Gasteiger partial charge on any atom is -0.480 e. The number of hydrogen-bond donors (Lipinski definition) is 1. The Morgan fingerprint density at radius 2 is 1.93 bits per heavy atom. The second kappa shape index (κ2) is 10.6. The van der Waals surface area contributed by atoms with Crippen molar-refractivity contribution >= 4 is 35.1 Å². The summed E-state index contributed by atoms with van der Waals surface area (Å²) in [6.45, 7) is 3.88. The largest absolute Gasteiger partial charge is 0.480 e. The molecule has 1 unspecified atom stereocenters. The predicted molar refractivity (Wildman–Crippen MR) is 54.9 cm³/mol. The Morgan fingerprint density at radius 1 is 1.43 bits per heavy atom. The molecule has 0 bridgehead atoms. The molecule has 0 saturated heterocycles. The van der Waals surface area contributed by atoms with Gasteiger partial charge < -0.3 is 9.84 Å². The maximum atomic E-state index is 10.1. The van der Waals surface area contributed by atoms with E-state index in [0.29, 0.717) is 13.0 Å². The molecule has 14 heavy (non-hydrogen) atoms. The molecule has 1 atom stereocenters. The van der Waals surface area contributed by atoms with Crippen molar-refractivity contribution in [3.05, 3.63) is 0 Å². The SMILES string of the molecule is CCC(Cl)C(=O)O.CCOC(=O)CCl. The van der Waals surface area contributed by atoms with E-state index in [1.54, 1.807) is 13.8 Å². The van der Waals surface area contributed by atoms with Gasteiger partial charge in [0.05, 0.1) is 6.61 Å². The van der Waals surface area contributed by atoms with E-state index in [1.165, 1.54) is 0 Å². The number of carbonyl (C=O) groups is 2. The normalized spacial score (nSPS) is 10.9. The Balaban J connectivity index is 0. The van der Waals surface area contributed by atoms with Gasteiger partial charge in [0, 0.05) is 0 Å². The van der Waals surface area contributed by atoms with Gasteiger partial charge in [0.25, 0.3) is 0 Å². The Hall–Kier alpha value is -0.480. The molecule has 6 heteroatoms. The molecule has 0 amide bonds. The molecule has 0 heterocycles. The fourth-order valence-electron chi connectivity index (χ4n) is 0.374. The number of esters is 1. The highest BCUT2D eigenvalue weighted by molar-refractivity contribution is 6.29. The summed E-state index contributed by atoms with van der Waals surface area (Å²) in [6, 6.07) is 0. The molecule has 0 aliphatic carbocycles. The molecule has 0 saturated carbocycles. The average molecular weight is 245 g/mol. The van der Waals surface area contributed by atoms with Crippen LogP contribution in [-0.4, -0.2) is 34.9 Å². The molecule has 0 spiro atoms. The summed E-state index contributed by atoms with van der Waals surface area (Å²) in [7, 11) is 0. The van der Waals surface area contributed by atoms with Gasteiger partial charge in [-0.1, -0.05) is 6.92 Å². The highest BCUT2D eigenvalue weighted by atomic mass is 35.5. The molecule has 0 aromatic heterocycles. The third kappa shape index (κ3) is 11.5. The first-order chi connectivity index (χ1) is 6.49. The van der Waals surface area contributed by atoms with E-state index in [9.17, 15) is 9.59 Å². The monoisotopic (exact) mass is 244 g/mol. The van der Waals surface area contributed by atoms with Gasteiger partial charge >= 0.3 is 11.9 Å². The highest BCUT2D eigenvalue weighted by Gasteiger charge is 2.08.